The average Bonchev–Trinajstić information content (AvgIpc) is 2.73. The fourth-order valence-electron chi connectivity index (χ4n) is 1.64. The number of thioether (sulfide) groups is 1. The summed E-state index contributed by atoms with van der Waals surface area (Å²) in [6.07, 6.45) is 0.753. The molecule has 0 aromatic carbocycles. The molecule has 1 aromatic heterocycles. The molecule has 2 heterocycles. The molecule has 1 aromatic rings. The lowest BCUT2D eigenvalue weighted by Gasteiger charge is -2.28. The predicted octanol–water partition coefficient (Wildman–Crippen LogP) is -1.28. The smallest absolute Gasteiger partial charge is 0.176 e. The molecule has 0 bridgehead atoms. The first kappa shape index (κ1) is 11.8. The summed E-state index contributed by atoms with van der Waals surface area (Å²) in [5, 5.41) is 11.9. The molecule has 0 saturated carbocycles. The first-order valence-corrected chi connectivity index (χ1v) is 6.33. The standard InChI is InChI=1S/C8H16N6OS/c1-14-12-8(11-13-14)4-6(10-9)7-5-16-3-2-15-7/h6-7,10H,2-5,9H2,1H3. The Morgan fingerprint density at radius 3 is 3.19 bits per heavy atom. The molecule has 0 amide bonds. The van der Waals surface area contributed by atoms with Crippen molar-refractivity contribution in [1.82, 2.24) is 25.6 Å². The van der Waals surface area contributed by atoms with Crippen LogP contribution in [0.3, 0.4) is 0 Å². The minimum absolute atomic E-state index is 0.0389. The van der Waals surface area contributed by atoms with Gasteiger partial charge < -0.3 is 4.74 Å². The van der Waals surface area contributed by atoms with Gasteiger partial charge in [-0.1, -0.05) is 0 Å². The third kappa shape index (κ3) is 2.91. The van der Waals surface area contributed by atoms with Crippen LogP contribution in [0.25, 0.3) is 0 Å². The molecular formula is C8H16N6OS. The van der Waals surface area contributed by atoms with E-state index < -0.39 is 0 Å². The van der Waals surface area contributed by atoms with Gasteiger partial charge in [0.05, 0.1) is 25.8 Å². The van der Waals surface area contributed by atoms with Gasteiger partial charge in [-0.2, -0.15) is 16.6 Å². The second-order valence-electron chi connectivity index (χ2n) is 3.66. The lowest BCUT2D eigenvalue weighted by Crippen LogP contribution is -2.49. The summed E-state index contributed by atoms with van der Waals surface area (Å²) >= 11 is 1.88. The fraction of sp³-hybridized carbons (Fsp3) is 0.875. The molecule has 1 aliphatic rings. The topological polar surface area (TPSA) is 90.9 Å². The van der Waals surface area contributed by atoms with Crippen LogP contribution in [-0.2, 0) is 18.2 Å². The first-order valence-electron chi connectivity index (χ1n) is 5.18. The summed E-state index contributed by atoms with van der Waals surface area (Å²) in [5.74, 6) is 8.23. The van der Waals surface area contributed by atoms with Gasteiger partial charge >= 0.3 is 0 Å². The Hall–Kier alpha value is -0.700. The average molecular weight is 244 g/mol. The normalized spacial score (nSPS) is 23.2. The summed E-state index contributed by atoms with van der Waals surface area (Å²) in [4.78, 5) is 1.44. The van der Waals surface area contributed by atoms with E-state index in [1.54, 1.807) is 7.05 Å². The SMILES string of the molecule is Cn1nnc(CC(NN)C2CSCCO2)n1. The Morgan fingerprint density at radius 1 is 1.75 bits per heavy atom. The third-order valence-corrected chi connectivity index (χ3v) is 3.48. The molecule has 0 spiro atoms. The number of aryl methyl sites for hydroxylation is 1. The van der Waals surface area contributed by atoms with Crippen LogP contribution in [0.15, 0.2) is 0 Å². The van der Waals surface area contributed by atoms with Crippen LogP contribution in [-0.4, -0.2) is 50.5 Å². The van der Waals surface area contributed by atoms with E-state index in [0.29, 0.717) is 12.2 Å². The van der Waals surface area contributed by atoms with Crippen LogP contribution >= 0.6 is 11.8 Å². The van der Waals surface area contributed by atoms with Crippen molar-refractivity contribution in [2.45, 2.75) is 18.6 Å². The number of hydrazine groups is 1. The molecule has 16 heavy (non-hydrogen) atoms. The van der Waals surface area contributed by atoms with Crippen molar-refractivity contribution in [2.24, 2.45) is 12.9 Å². The van der Waals surface area contributed by atoms with Crippen molar-refractivity contribution in [3.63, 3.8) is 0 Å². The van der Waals surface area contributed by atoms with Gasteiger partial charge in [0, 0.05) is 17.9 Å². The molecule has 0 aliphatic carbocycles. The fourth-order valence-corrected chi connectivity index (χ4v) is 2.58. The molecule has 1 saturated heterocycles. The summed E-state index contributed by atoms with van der Waals surface area (Å²) < 4.78 is 5.66. The van der Waals surface area contributed by atoms with Crippen LogP contribution in [0.1, 0.15) is 5.82 Å². The summed E-state index contributed by atoms with van der Waals surface area (Å²) in [5.41, 5.74) is 2.77. The number of nitrogens with one attached hydrogen (secondary N) is 1. The molecular weight excluding hydrogens is 228 g/mol. The van der Waals surface area contributed by atoms with E-state index in [2.05, 4.69) is 20.8 Å². The maximum atomic E-state index is 5.66. The van der Waals surface area contributed by atoms with Crippen LogP contribution in [0.5, 0.6) is 0 Å². The van der Waals surface area contributed by atoms with Crippen LogP contribution < -0.4 is 11.3 Å². The second-order valence-corrected chi connectivity index (χ2v) is 4.81. The van der Waals surface area contributed by atoms with E-state index in [1.165, 1.54) is 4.80 Å². The number of hydrogen-bond donors (Lipinski definition) is 2. The summed E-state index contributed by atoms with van der Waals surface area (Å²) in [7, 11) is 1.74. The predicted molar refractivity (Wildman–Crippen MR) is 60.7 cm³/mol. The van der Waals surface area contributed by atoms with Gasteiger partial charge in [0.15, 0.2) is 5.82 Å². The maximum absolute atomic E-state index is 5.66. The quantitative estimate of drug-likeness (QED) is 0.503. The molecule has 2 rings (SSSR count). The highest BCUT2D eigenvalue weighted by molar-refractivity contribution is 7.99. The van der Waals surface area contributed by atoms with Gasteiger partial charge in [0.2, 0.25) is 0 Å². The molecule has 0 radical (unpaired) electrons. The van der Waals surface area contributed by atoms with E-state index >= 15 is 0 Å². The van der Waals surface area contributed by atoms with Crippen LogP contribution in [0, 0.1) is 0 Å². The van der Waals surface area contributed by atoms with Crippen molar-refractivity contribution in [2.75, 3.05) is 18.1 Å². The maximum Gasteiger partial charge on any atom is 0.176 e. The second kappa shape index (κ2) is 5.58. The number of ether oxygens (including phenoxy) is 1. The van der Waals surface area contributed by atoms with Gasteiger partial charge in [-0.05, 0) is 5.21 Å². The molecule has 90 valence electrons. The van der Waals surface area contributed by atoms with E-state index in [9.17, 15) is 0 Å². The lowest BCUT2D eigenvalue weighted by atomic mass is 10.1. The van der Waals surface area contributed by atoms with E-state index in [-0.39, 0.29) is 12.1 Å². The zero-order chi connectivity index (χ0) is 11.4. The summed E-state index contributed by atoms with van der Waals surface area (Å²) in [6.45, 7) is 0.779. The Labute approximate surface area is 98.1 Å². The van der Waals surface area contributed by atoms with Gasteiger partial charge in [-0.3, -0.25) is 11.3 Å². The Balaban J connectivity index is 1.94. The molecule has 3 N–H and O–H groups in total. The highest BCUT2D eigenvalue weighted by Gasteiger charge is 2.25. The molecule has 1 fully saturated rings. The van der Waals surface area contributed by atoms with E-state index in [0.717, 1.165) is 18.1 Å². The highest BCUT2D eigenvalue weighted by Crippen LogP contribution is 2.16. The lowest BCUT2D eigenvalue weighted by molar-refractivity contribution is 0.0466. The minimum Gasteiger partial charge on any atom is -0.375 e. The number of aromatic nitrogens is 4. The number of tetrazole rings is 1. The zero-order valence-corrected chi connectivity index (χ0v) is 9.98. The molecule has 2 atom stereocenters. The van der Waals surface area contributed by atoms with Crippen molar-refractivity contribution in [3.8, 4) is 0 Å². The number of nitrogens with two attached hydrogens (primary N) is 1. The zero-order valence-electron chi connectivity index (χ0n) is 9.17. The Kier molecular flexibility index (Phi) is 4.10. The van der Waals surface area contributed by atoms with Crippen LogP contribution in [0.2, 0.25) is 0 Å². The highest BCUT2D eigenvalue weighted by atomic mass is 32.2. The van der Waals surface area contributed by atoms with Gasteiger partial charge in [-0.25, -0.2) is 0 Å². The van der Waals surface area contributed by atoms with Gasteiger partial charge in [0.1, 0.15) is 0 Å². The molecule has 7 nitrogen and oxygen atoms in total. The Morgan fingerprint density at radius 2 is 2.62 bits per heavy atom. The number of nitrogens with zero attached hydrogens (tertiary/aromatic N) is 4. The van der Waals surface area contributed by atoms with Crippen molar-refractivity contribution < 1.29 is 4.74 Å². The van der Waals surface area contributed by atoms with E-state index in [4.69, 9.17) is 10.6 Å². The summed E-state index contributed by atoms with van der Waals surface area (Å²) in [6, 6.07) is 0.0389. The van der Waals surface area contributed by atoms with Gasteiger partial charge in [-0.15, -0.1) is 10.2 Å². The van der Waals surface area contributed by atoms with E-state index in [1.807, 2.05) is 11.8 Å². The first-order chi connectivity index (χ1) is 7.79. The monoisotopic (exact) mass is 244 g/mol. The number of rotatable bonds is 4. The van der Waals surface area contributed by atoms with Crippen LogP contribution in [0.4, 0.5) is 0 Å². The third-order valence-electron chi connectivity index (χ3n) is 2.46. The largest absolute Gasteiger partial charge is 0.375 e. The molecule has 8 heteroatoms. The Bertz CT molecular complexity index is 326. The number of hydrogen-bond acceptors (Lipinski definition) is 7. The molecule has 1 aliphatic heterocycles. The van der Waals surface area contributed by atoms with Crippen molar-refractivity contribution in [3.05, 3.63) is 5.82 Å². The minimum atomic E-state index is 0.0389. The van der Waals surface area contributed by atoms with Gasteiger partial charge in [0.25, 0.3) is 0 Å². The molecule has 2 unspecified atom stereocenters. The van der Waals surface area contributed by atoms with Crippen molar-refractivity contribution >= 4 is 11.8 Å². The van der Waals surface area contributed by atoms with Crippen molar-refractivity contribution in [1.29, 1.82) is 0 Å².